The van der Waals surface area contributed by atoms with Crippen LogP contribution in [0, 0.1) is 51.2 Å². The first-order chi connectivity index (χ1) is 19.8. The molecule has 0 heterocycles. The number of isocyanates is 1. The molecule has 4 nitrogen and oxygen atoms in total. The van der Waals surface area contributed by atoms with Crippen molar-refractivity contribution in [2.75, 3.05) is 7.11 Å². The SMILES string of the molecule is C=C(C)[C@@H]1CC[C@]2(N=C=O)CC[C@]3(C)[C@H](CC[C@@H]4[C@@]5(C)CC=C(c6ccc(C(=O)OC)cc6)C(C)(C)[C@@H]5CC[C@]43C)C12. The van der Waals surface area contributed by atoms with Crippen LogP contribution in [0.3, 0.4) is 0 Å². The minimum atomic E-state index is -0.285. The minimum Gasteiger partial charge on any atom is -0.465 e. The topological polar surface area (TPSA) is 55.7 Å². The number of carbonyl (C=O) groups excluding carboxylic acids is 2. The Morgan fingerprint density at radius 1 is 0.929 bits per heavy atom. The van der Waals surface area contributed by atoms with Gasteiger partial charge >= 0.3 is 5.97 Å². The lowest BCUT2D eigenvalue weighted by molar-refractivity contribution is -0.217. The lowest BCUT2D eigenvalue weighted by atomic mass is 9.33. The van der Waals surface area contributed by atoms with E-state index in [1.807, 2.05) is 18.2 Å². The van der Waals surface area contributed by atoms with Crippen LogP contribution in [0.4, 0.5) is 0 Å². The molecule has 1 unspecified atom stereocenters. The Morgan fingerprint density at radius 3 is 2.29 bits per heavy atom. The van der Waals surface area contributed by atoms with Gasteiger partial charge in [0.05, 0.1) is 18.2 Å². The number of allylic oxidation sites excluding steroid dienone is 3. The first-order valence-electron chi connectivity index (χ1n) is 16.4. The van der Waals surface area contributed by atoms with Crippen LogP contribution >= 0.6 is 0 Å². The molecule has 5 aliphatic carbocycles. The van der Waals surface area contributed by atoms with E-state index in [0.29, 0.717) is 35.2 Å². The van der Waals surface area contributed by atoms with Gasteiger partial charge in [-0.3, -0.25) is 0 Å². The molecule has 226 valence electrons. The third kappa shape index (κ3) is 3.82. The fraction of sp³-hybridized carbons (Fsp3) is 0.684. The van der Waals surface area contributed by atoms with Crippen molar-refractivity contribution in [2.45, 2.75) is 105 Å². The Kier molecular flexibility index (Phi) is 6.90. The molecule has 9 atom stereocenters. The van der Waals surface area contributed by atoms with Crippen LogP contribution < -0.4 is 0 Å². The Bertz CT molecular complexity index is 1370. The lowest BCUT2D eigenvalue weighted by Gasteiger charge is -2.72. The molecule has 1 aromatic carbocycles. The molecule has 5 aliphatic rings. The van der Waals surface area contributed by atoms with Crippen LogP contribution in [-0.4, -0.2) is 24.7 Å². The number of rotatable bonds is 4. The van der Waals surface area contributed by atoms with Crippen molar-refractivity contribution >= 4 is 17.6 Å². The second-order valence-electron chi connectivity index (χ2n) is 16.1. The highest BCUT2D eigenvalue weighted by molar-refractivity contribution is 5.89. The number of esters is 1. The summed E-state index contributed by atoms with van der Waals surface area (Å²) < 4.78 is 4.93. The van der Waals surface area contributed by atoms with Gasteiger partial charge in [0.25, 0.3) is 0 Å². The van der Waals surface area contributed by atoms with Crippen LogP contribution in [0.25, 0.3) is 5.57 Å². The number of nitrogens with zero attached hydrogens (tertiary/aromatic N) is 1. The van der Waals surface area contributed by atoms with Crippen molar-refractivity contribution < 1.29 is 14.3 Å². The average molecular weight is 570 g/mol. The molecule has 4 saturated carbocycles. The number of hydrogen-bond acceptors (Lipinski definition) is 4. The van der Waals surface area contributed by atoms with Crippen molar-refractivity contribution in [1.29, 1.82) is 0 Å². The number of ether oxygens (including phenoxy) is 1. The number of benzene rings is 1. The minimum absolute atomic E-state index is 0.0375. The van der Waals surface area contributed by atoms with Gasteiger partial charge in [0.2, 0.25) is 6.08 Å². The van der Waals surface area contributed by atoms with Crippen LogP contribution in [0.1, 0.15) is 115 Å². The van der Waals surface area contributed by atoms with Crippen molar-refractivity contribution in [3.05, 3.63) is 53.6 Å². The molecule has 0 aliphatic heterocycles. The fourth-order valence-electron chi connectivity index (χ4n) is 12.4. The van der Waals surface area contributed by atoms with Gasteiger partial charge in [-0.05, 0) is 139 Å². The summed E-state index contributed by atoms with van der Waals surface area (Å²) in [6, 6.07) is 8.03. The Hall–Kier alpha value is -2.45. The predicted octanol–water partition coefficient (Wildman–Crippen LogP) is 9.21. The van der Waals surface area contributed by atoms with Gasteiger partial charge in [-0.15, -0.1) is 0 Å². The summed E-state index contributed by atoms with van der Waals surface area (Å²) in [5, 5.41) is 0. The highest BCUT2D eigenvalue weighted by Crippen LogP contribution is 2.77. The number of fused-ring (bicyclic) bond motifs is 7. The van der Waals surface area contributed by atoms with Gasteiger partial charge in [-0.1, -0.05) is 65.0 Å². The highest BCUT2D eigenvalue weighted by Gasteiger charge is 2.70. The van der Waals surface area contributed by atoms with E-state index in [4.69, 9.17) is 4.74 Å². The summed E-state index contributed by atoms with van der Waals surface area (Å²) in [6.45, 7) is 19.5. The third-order valence-electron chi connectivity index (χ3n) is 14.5. The van der Waals surface area contributed by atoms with Gasteiger partial charge in [-0.2, -0.15) is 4.99 Å². The van der Waals surface area contributed by atoms with Crippen molar-refractivity contribution in [3.8, 4) is 0 Å². The van der Waals surface area contributed by atoms with Crippen LogP contribution in [0.5, 0.6) is 0 Å². The molecule has 4 heteroatoms. The quantitative estimate of drug-likeness (QED) is 0.157. The van der Waals surface area contributed by atoms with E-state index < -0.39 is 0 Å². The molecule has 1 aromatic rings. The monoisotopic (exact) mass is 569 g/mol. The number of methoxy groups -OCH3 is 1. The van der Waals surface area contributed by atoms with Gasteiger partial charge in [0.1, 0.15) is 0 Å². The first kappa shape index (κ1) is 29.6. The number of aliphatic imine (C=N–C) groups is 1. The van der Waals surface area contributed by atoms with Gasteiger partial charge in [0.15, 0.2) is 0 Å². The summed E-state index contributed by atoms with van der Waals surface area (Å²) in [6.07, 6.45) is 15.0. The molecule has 0 radical (unpaired) electrons. The summed E-state index contributed by atoms with van der Waals surface area (Å²) in [5.74, 6) is 2.43. The largest absolute Gasteiger partial charge is 0.465 e. The van der Waals surface area contributed by atoms with Crippen molar-refractivity contribution in [1.82, 2.24) is 0 Å². The van der Waals surface area contributed by atoms with E-state index in [1.165, 1.54) is 49.5 Å². The maximum absolute atomic E-state index is 12.0. The van der Waals surface area contributed by atoms with E-state index in [2.05, 4.69) is 71.3 Å². The van der Waals surface area contributed by atoms with Gasteiger partial charge in [0, 0.05) is 0 Å². The Balaban J connectivity index is 1.36. The number of carbonyl (C=O) groups is 1. The highest BCUT2D eigenvalue weighted by atomic mass is 16.5. The lowest BCUT2D eigenvalue weighted by Crippen LogP contribution is -2.66. The molecule has 0 aromatic heterocycles. The maximum atomic E-state index is 12.0. The maximum Gasteiger partial charge on any atom is 0.337 e. The van der Waals surface area contributed by atoms with E-state index in [1.54, 1.807) is 0 Å². The number of hydrogen-bond donors (Lipinski definition) is 0. The third-order valence-corrected chi connectivity index (χ3v) is 14.5. The predicted molar refractivity (Wildman–Crippen MR) is 169 cm³/mol. The molecular formula is C38H51NO3. The summed E-state index contributed by atoms with van der Waals surface area (Å²) >= 11 is 0. The molecule has 0 saturated heterocycles. The fourth-order valence-corrected chi connectivity index (χ4v) is 12.4. The van der Waals surface area contributed by atoms with Crippen LogP contribution in [0.15, 0.2) is 47.5 Å². The molecule has 6 rings (SSSR count). The second-order valence-corrected chi connectivity index (χ2v) is 16.1. The first-order valence-corrected chi connectivity index (χ1v) is 16.4. The molecule has 0 N–H and O–H groups in total. The zero-order valence-corrected chi connectivity index (χ0v) is 27.0. The zero-order chi connectivity index (χ0) is 30.3. The molecule has 42 heavy (non-hydrogen) atoms. The molecule has 4 fully saturated rings. The van der Waals surface area contributed by atoms with Gasteiger partial charge < -0.3 is 4.74 Å². The summed E-state index contributed by atoms with van der Waals surface area (Å²) in [5.41, 5.74) is 5.06. The zero-order valence-electron chi connectivity index (χ0n) is 27.0. The van der Waals surface area contributed by atoms with E-state index in [9.17, 15) is 9.59 Å². The van der Waals surface area contributed by atoms with Crippen LogP contribution in [0.2, 0.25) is 0 Å². The van der Waals surface area contributed by atoms with Crippen molar-refractivity contribution in [3.63, 3.8) is 0 Å². The molecule has 0 bridgehead atoms. The molecule has 0 amide bonds. The summed E-state index contributed by atoms with van der Waals surface area (Å²) in [7, 11) is 1.43. The normalized spacial score (nSPS) is 43.4. The standard InChI is InChI=1S/C38H51NO3/c1-24(2)27-15-20-38(39-23-40)22-21-36(6)29(32(27)38)13-14-31-35(5)18-16-28(25-9-11-26(12-10-25)33(41)42-8)34(3,4)30(35)17-19-37(31,36)7/h9-12,16,27,29-32H,1,13-15,17-22H2,2-8H3/t27-,29+,30-,31+,32?,35-,36+,37+,38-/m0/s1. The Labute approximate surface area is 253 Å². The molecule has 0 spiro atoms. The van der Waals surface area contributed by atoms with Crippen LogP contribution in [-0.2, 0) is 9.53 Å². The van der Waals surface area contributed by atoms with E-state index in [-0.39, 0.29) is 33.2 Å². The van der Waals surface area contributed by atoms with Crippen molar-refractivity contribution in [2.24, 2.45) is 56.2 Å². The smallest absolute Gasteiger partial charge is 0.337 e. The average Bonchev–Trinajstić information content (AvgIpc) is 3.33. The van der Waals surface area contributed by atoms with Gasteiger partial charge in [-0.25, -0.2) is 9.59 Å². The molecular weight excluding hydrogens is 518 g/mol. The second kappa shape index (κ2) is 9.78. The van der Waals surface area contributed by atoms with E-state index in [0.717, 1.165) is 32.1 Å². The summed E-state index contributed by atoms with van der Waals surface area (Å²) in [4.78, 5) is 28.4. The van der Waals surface area contributed by atoms with E-state index >= 15 is 0 Å². The Morgan fingerprint density at radius 2 is 1.64 bits per heavy atom.